The van der Waals surface area contributed by atoms with Crippen LogP contribution in [0.15, 0.2) is 17.3 Å². The standard InChI is InChI=1S/C10H16ClN3O2S/c1-4-5-8(2)14(3)17(15,16)9-6-12-10(11)13-7-9/h6-8H,4-5H2,1-3H3. The lowest BCUT2D eigenvalue weighted by Crippen LogP contribution is -2.35. The number of sulfonamides is 1. The van der Waals surface area contributed by atoms with Crippen LogP contribution in [0.2, 0.25) is 5.28 Å². The normalized spacial score (nSPS) is 13.9. The van der Waals surface area contributed by atoms with Crippen molar-refractivity contribution < 1.29 is 8.42 Å². The molecule has 0 bridgehead atoms. The summed E-state index contributed by atoms with van der Waals surface area (Å²) in [5.41, 5.74) is 0. The molecule has 5 nitrogen and oxygen atoms in total. The van der Waals surface area contributed by atoms with Crippen LogP contribution in [0.3, 0.4) is 0 Å². The summed E-state index contributed by atoms with van der Waals surface area (Å²) >= 11 is 5.52. The first kappa shape index (κ1) is 14.3. The molecule has 0 aliphatic carbocycles. The first-order valence-corrected chi connectivity index (χ1v) is 7.17. The van der Waals surface area contributed by atoms with E-state index in [-0.39, 0.29) is 16.2 Å². The lowest BCUT2D eigenvalue weighted by molar-refractivity contribution is 0.368. The minimum absolute atomic E-state index is 0.0354. The molecule has 1 unspecified atom stereocenters. The molecule has 1 aromatic rings. The Morgan fingerprint density at radius 1 is 1.41 bits per heavy atom. The summed E-state index contributed by atoms with van der Waals surface area (Å²) in [4.78, 5) is 7.43. The van der Waals surface area contributed by atoms with Crippen LogP contribution >= 0.6 is 11.6 Å². The molecule has 0 amide bonds. The van der Waals surface area contributed by atoms with E-state index < -0.39 is 10.0 Å². The van der Waals surface area contributed by atoms with Crippen molar-refractivity contribution in [1.29, 1.82) is 0 Å². The number of halogens is 1. The Morgan fingerprint density at radius 3 is 2.41 bits per heavy atom. The van der Waals surface area contributed by atoms with Crippen LogP contribution in [0.1, 0.15) is 26.7 Å². The number of hydrogen-bond acceptors (Lipinski definition) is 4. The molecule has 0 aliphatic heterocycles. The van der Waals surface area contributed by atoms with E-state index in [1.54, 1.807) is 7.05 Å². The highest BCUT2D eigenvalue weighted by atomic mass is 35.5. The Hall–Kier alpha value is -0.720. The molecule has 0 saturated heterocycles. The van der Waals surface area contributed by atoms with Gasteiger partial charge in [0, 0.05) is 13.1 Å². The summed E-state index contributed by atoms with van der Waals surface area (Å²) in [6.07, 6.45) is 4.18. The van der Waals surface area contributed by atoms with E-state index in [0.717, 1.165) is 12.8 Å². The molecule has 1 rings (SSSR count). The van der Waals surface area contributed by atoms with Gasteiger partial charge in [0.05, 0.1) is 12.4 Å². The van der Waals surface area contributed by atoms with Gasteiger partial charge in [-0.05, 0) is 24.9 Å². The van der Waals surface area contributed by atoms with Crippen molar-refractivity contribution in [2.45, 2.75) is 37.6 Å². The highest BCUT2D eigenvalue weighted by molar-refractivity contribution is 7.89. The van der Waals surface area contributed by atoms with Gasteiger partial charge < -0.3 is 0 Å². The van der Waals surface area contributed by atoms with E-state index in [2.05, 4.69) is 9.97 Å². The molecule has 96 valence electrons. The van der Waals surface area contributed by atoms with Crippen LogP contribution < -0.4 is 0 Å². The fourth-order valence-corrected chi connectivity index (χ4v) is 2.82. The Labute approximate surface area is 107 Å². The zero-order valence-electron chi connectivity index (χ0n) is 10.1. The fraction of sp³-hybridized carbons (Fsp3) is 0.600. The van der Waals surface area contributed by atoms with Crippen molar-refractivity contribution in [1.82, 2.24) is 14.3 Å². The summed E-state index contributed by atoms with van der Waals surface area (Å²) in [6, 6.07) is -0.0549. The summed E-state index contributed by atoms with van der Waals surface area (Å²) in [6.45, 7) is 3.89. The van der Waals surface area contributed by atoms with Crippen LogP contribution in [-0.4, -0.2) is 35.8 Å². The molecule has 0 aromatic carbocycles. The minimum Gasteiger partial charge on any atom is -0.225 e. The molecule has 0 aliphatic rings. The van der Waals surface area contributed by atoms with Crippen LogP contribution in [0.5, 0.6) is 0 Å². The van der Waals surface area contributed by atoms with E-state index in [0.29, 0.717) is 0 Å². The number of hydrogen-bond donors (Lipinski definition) is 0. The molecule has 1 atom stereocenters. The maximum atomic E-state index is 12.2. The SMILES string of the molecule is CCCC(C)N(C)S(=O)(=O)c1cnc(Cl)nc1. The second-order valence-corrected chi connectivity index (χ2v) is 6.18. The predicted octanol–water partition coefficient (Wildman–Crippen LogP) is 1.94. The van der Waals surface area contributed by atoms with Crippen LogP contribution in [0.25, 0.3) is 0 Å². The third-order valence-corrected chi connectivity index (χ3v) is 4.72. The van der Waals surface area contributed by atoms with Gasteiger partial charge in [-0.15, -0.1) is 0 Å². The maximum Gasteiger partial charge on any atom is 0.246 e. The van der Waals surface area contributed by atoms with E-state index >= 15 is 0 Å². The van der Waals surface area contributed by atoms with Crippen molar-refractivity contribution in [3.05, 3.63) is 17.7 Å². The molecule has 1 aromatic heterocycles. The third kappa shape index (κ3) is 3.37. The van der Waals surface area contributed by atoms with Crippen LogP contribution in [-0.2, 0) is 10.0 Å². The number of nitrogens with zero attached hydrogens (tertiary/aromatic N) is 3. The van der Waals surface area contributed by atoms with E-state index in [1.807, 2.05) is 13.8 Å². The molecular formula is C10H16ClN3O2S. The summed E-state index contributed by atoms with van der Waals surface area (Å²) in [5.74, 6) is 0. The monoisotopic (exact) mass is 277 g/mol. The quantitative estimate of drug-likeness (QED) is 0.772. The maximum absolute atomic E-state index is 12.2. The van der Waals surface area contributed by atoms with Gasteiger partial charge >= 0.3 is 0 Å². The molecule has 0 saturated carbocycles. The molecule has 0 spiro atoms. The van der Waals surface area contributed by atoms with Gasteiger partial charge in [-0.25, -0.2) is 18.4 Å². The van der Waals surface area contributed by atoms with Crippen molar-refractivity contribution in [2.75, 3.05) is 7.05 Å². The van der Waals surface area contributed by atoms with Crippen LogP contribution in [0.4, 0.5) is 0 Å². The smallest absolute Gasteiger partial charge is 0.225 e. The Kier molecular flexibility index (Phi) is 4.85. The molecule has 0 radical (unpaired) electrons. The lowest BCUT2D eigenvalue weighted by atomic mass is 10.2. The predicted molar refractivity (Wildman–Crippen MR) is 66.4 cm³/mol. The third-order valence-electron chi connectivity index (χ3n) is 2.60. The number of aromatic nitrogens is 2. The van der Waals surface area contributed by atoms with Gasteiger partial charge in [-0.2, -0.15) is 4.31 Å². The van der Waals surface area contributed by atoms with Gasteiger partial charge in [-0.1, -0.05) is 13.3 Å². The molecule has 0 N–H and O–H groups in total. The lowest BCUT2D eigenvalue weighted by Gasteiger charge is -2.23. The minimum atomic E-state index is -3.53. The number of rotatable bonds is 5. The highest BCUT2D eigenvalue weighted by Crippen LogP contribution is 2.17. The second-order valence-electron chi connectivity index (χ2n) is 3.85. The van der Waals surface area contributed by atoms with Gasteiger partial charge in [0.25, 0.3) is 0 Å². The Balaban J connectivity index is 2.98. The van der Waals surface area contributed by atoms with Gasteiger partial charge in [-0.3, -0.25) is 0 Å². The molecule has 1 heterocycles. The fourth-order valence-electron chi connectivity index (χ4n) is 1.44. The van der Waals surface area contributed by atoms with Gasteiger partial charge in [0.15, 0.2) is 0 Å². The topological polar surface area (TPSA) is 63.2 Å². The first-order chi connectivity index (χ1) is 7.89. The molecule has 0 fully saturated rings. The molecule has 17 heavy (non-hydrogen) atoms. The largest absolute Gasteiger partial charge is 0.246 e. The zero-order chi connectivity index (χ0) is 13.1. The van der Waals surface area contributed by atoms with Crippen LogP contribution in [0, 0.1) is 0 Å². The van der Waals surface area contributed by atoms with Crippen molar-refractivity contribution in [2.24, 2.45) is 0 Å². The average molecular weight is 278 g/mol. The zero-order valence-corrected chi connectivity index (χ0v) is 11.7. The summed E-state index contributed by atoms with van der Waals surface area (Å²) < 4.78 is 25.7. The van der Waals surface area contributed by atoms with Crippen molar-refractivity contribution in [3.63, 3.8) is 0 Å². The summed E-state index contributed by atoms with van der Waals surface area (Å²) in [7, 11) is -1.97. The van der Waals surface area contributed by atoms with E-state index in [1.165, 1.54) is 16.7 Å². The molecular weight excluding hydrogens is 262 g/mol. The van der Waals surface area contributed by atoms with E-state index in [4.69, 9.17) is 11.6 Å². The second kappa shape index (κ2) is 5.75. The van der Waals surface area contributed by atoms with Crippen molar-refractivity contribution >= 4 is 21.6 Å². The van der Waals surface area contributed by atoms with Crippen molar-refractivity contribution in [3.8, 4) is 0 Å². The summed E-state index contributed by atoms with van der Waals surface area (Å²) in [5, 5.41) is 0.0354. The van der Waals surface area contributed by atoms with Gasteiger partial charge in [0.2, 0.25) is 15.3 Å². The Morgan fingerprint density at radius 2 is 1.94 bits per heavy atom. The average Bonchev–Trinajstić information content (AvgIpc) is 2.29. The van der Waals surface area contributed by atoms with Gasteiger partial charge in [0.1, 0.15) is 4.90 Å². The van der Waals surface area contributed by atoms with E-state index in [9.17, 15) is 8.42 Å². The Bertz CT molecular complexity index is 461. The highest BCUT2D eigenvalue weighted by Gasteiger charge is 2.25. The first-order valence-electron chi connectivity index (χ1n) is 5.35. The molecule has 7 heteroatoms.